The number of piperazine rings is 1. The Morgan fingerprint density at radius 1 is 0.862 bits per heavy atom. The van der Waals surface area contributed by atoms with Gasteiger partial charge in [0, 0.05) is 51.0 Å². The van der Waals surface area contributed by atoms with E-state index in [4.69, 9.17) is 4.74 Å². The first kappa shape index (κ1) is 20.2. The minimum absolute atomic E-state index is 0.705. The zero-order valence-electron chi connectivity index (χ0n) is 18.0. The molecule has 2 fully saturated rings. The Morgan fingerprint density at radius 2 is 1.55 bits per heavy atom. The Balaban J connectivity index is 1.28. The van der Waals surface area contributed by atoms with E-state index < -0.39 is 0 Å². The van der Waals surface area contributed by atoms with E-state index in [1.807, 2.05) is 0 Å². The zero-order chi connectivity index (χ0) is 20.1. The summed E-state index contributed by atoms with van der Waals surface area (Å²) in [6, 6.07) is 18.4. The molecule has 1 unspecified atom stereocenters. The highest BCUT2D eigenvalue weighted by Gasteiger charge is 2.28. The molecule has 2 heterocycles. The number of rotatable bonds is 6. The van der Waals surface area contributed by atoms with Crippen LogP contribution in [0.25, 0.3) is 0 Å². The van der Waals surface area contributed by atoms with Crippen molar-refractivity contribution in [1.29, 1.82) is 0 Å². The number of benzene rings is 2. The lowest BCUT2D eigenvalue weighted by molar-refractivity contribution is 0.0888. The standard InChI is InChI=1S/C25H35N3O/c1-3-21-6-8-22(9-7-21)19-26-14-4-5-24(20-26)28-17-15-27(16-18-28)23-10-12-25(29-2)13-11-23/h6-13,24H,3-5,14-20H2,1-2H3. The smallest absolute Gasteiger partial charge is 0.119 e. The molecule has 2 aliphatic rings. The van der Waals surface area contributed by atoms with Crippen LogP contribution in [0.1, 0.15) is 30.9 Å². The van der Waals surface area contributed by atoms with E-state index in [2.05, 4.69) is 70.2 Å². The normalized spacial score (nSPS) is 21.3. The van der Waals surface area contributed by atoms with Crippen LogP contribution in [0.15, 0.2) is 48.5 Å². The highest BCUT2D eigenvalue weighted by atomic mass is 16.5. The van der Waals surface area contributed by atoms with Gasteiger partial charge in [-0.05, 0) is 61.2 Å². The first-order chi connectivity index (χ1) is 14.2. The average Bonchev–Trinajstić information content (AvgIpc) is 2.80. The van der Waals surface area contributed by atoms with Crippen LogP contribution in [0, 0.1) is 0 Å². The summed E-state index contributed by atoms with van der Waals surface area (Å²) in [7, 11) is 1.72. The Morgan fingerprint density at radius 3 is 2.21 bits per heavy atom. The summed E-state index contributed by atoms with van der Waals surface area (Å²) >= 11 is 0. The van der Waals surface area contributed by atoms with Crippen LogP contribution in [0.3, 0.4) is 0 Å². The van der Waals surface area contributed by atoms with E-state index in [9.17, 15) is 0 Å². The Bertz CT molecular complexity index is 751. The number of likely N-dealkylation sites (tertiary alicyclic amines) is 1. The topological polar surface area (TPSA) is 19.0 Å². The maximum atomic E-state index is 5.29. The fraction of sp³-hybridized carbons (Fsp3) is 0.520. The Hall–Kier alpha value is -2.04. The van der Waals surface area contributed by atoms with Gasteiger partial charge in [-0.2, -0.15) is 0 Å². The lowest BCUT2D eigenvalue weighted by Gasteiger charge is -2.44. The highest BCUT2D eigenvalue weighted by Crippen LogP contribution is 2.23. The summed E-state index contributed by atoms with van der Waals surface area (Å²) in [5, 5.41) is 0. The molecule has 0 radical (unpaired) electrons. The van der Waals surface area contributed by atoms with Gasteiger partial charge < -0.3 is 9.64 Å². The number of nitrogens with zero attached hydrogens (tertiary/aromatic N) is 3. The quantitative estimate of drug-likeness (QED) is 0.737. The van der Waals surface area contributed by atoms with Crippen molar-refractivity contribution in [2.45, 2.75) is 38.8 Å². The third-order valence-electron chi connectivity index (χ3n) is 6.59. The summed E-state index contributed by atoms with van der Waals surface area (Å²) in [6.07, 6.45) is 3.78. The van der Waals surface area contributed by atoms with Gasteiger partial charge in [0.05, 0.1) is 7.11 Å². The van der Waals surface area contributed by atoms with Crippen LogP contribution in [0.2, 0.25) is 0 Å². The maximum Gasteiger partial charge on any atom is 0.119 e. The van der Waals surface area contributed by atoms with Crippen LogP contribution in [-0.4, -0.2) is 62.2 Å². The molecule has 4 heteroatoms. The molecule has 29 heavy (non-hydrogen) atoms. The second-order valence-corrected chi connectivity index (χ2v) is 8.42. The van der Waals surface area contributed by atoms with E-state index in [0.29, 0.717) is 6.04 Å². The molecular weight excluding hydrogens is 358 g/mol. The van der Waals surface area contributed by atoms with Crippen LogP contribution in [0.5, 0.6) is 5.75 Å². The fourth-order valence-electron chi connectivity index (χ4n) is 4.75. The van der Waals surface area contributed by atoms with Crippen LogP contribution in [0.4, 0.5) is 5.69 Å². The summed E-state index contributed by atoms with van der Waals surface area (Å²) < 4.78 is 5.29. The molecule has 0 aromatic heterocycles. The minimum Gasteiger partial charge on any atom is -0.497 e. The molecule has 0 saturated carbocycles. The first-order valence-electron chi connectivity index (χ1n) is 11.2. The summed E-state index contributed by atoms with van der Waals surface area (Å²) in [5.74, 6) is 0.930. The van der Waals surface area contributed by atoms with Crippen molar-refractivity contribution in [2.75, 3.05) is 51.3 Å². The number of hydrogen-bond acceptors (Lipinski definition) is 4. The number of methoxy groups -OCH3 is 1. The zero-order valence-corrected chi connectivity index (χ0v) is 18.0. The molecule has 0 bridgehead atoms. The summed E-state index contributed by atoms with van der Waals surface area (Å²) in [5.41, 5.74) is 4.19. The molecule has 2 aliphatic heterocycles. The Labute approximate surface area is 176 Å². The van der Waals surface area contributed by atoms with Gasteiger partial charge in [0.15, 0.2) is 0 Å². The van der Waals surface area contributed by atoms with Gasteiger partial charge in [0.2, 0.25) is 0 Å². The van der Waals surface area contributed by atoms with E-state index in [1.165, 1.54) is 42.7 Å². The molecule has 2 aromatic rings. The van der Waals surface area contributed by atoms with Gasteiger partial charge in [0.1, 0.15) is 5.75 Å². The van der Waals surface area contributed by atoms with Crippen molar-refractivity contribution in [3.05, 3.63) is 59.7 Å². The maximum absolute atomic E-state index is 5.29. The predicted octanol–water partition coefficient (Wildman–Crippen LogP) is 4.04. The second kappa shape index (κ2) is 9.64. The van der Waals surface area contributed by atoms with Gasteiger partial charge >= 0.3 is 0 Å². The molecule has 4 nitrogen and oxygen atoms in total. The van der Waals surface area contributed by atoms with Gasteiger partial charge in [-0.1, -0.05) is 31.2 Å². The molecule has 2 aromatic carbocycles. The van der Waals surface area contributed by atoms with Gasteiger partial charge in [0.25, 0.3) is 0 Å². The van der Waals surface area contributed by atoms with Crippen LogP contribution in [-0.2, 0) is 13.0 Å². The van der Waals surface area contributed by atoms with Crippen LogP contribution >= 0.6 is 0 Å². The van der Waals surface area contributed by atoms with E-state index in [0.717, 1.165) is 44.9 Å². The summed E-state index contributed by atoms with van der Waals surface area (Å²) in [6.45, 7) is 10.3. The van der Waals surface area contributed by atoms with Gasteiger partial charge in [-0.3, -0.25) is 9.80 Å². The molecule has 4 rings (SSSR count). The van der Waals surface area contributed by atoms with Crippen molar-refractivity contribution in [3.8, 4) is 5.75 Å². The lowest BCUT2D eigenvalue weighted by atomic mass is 10.0. The van der Waals surface area contributed by atoms with E-state index in [1.54, 1.807) is 7.11 Å². The second-order valence-electron chi connectivity index (χ2n) is 8.42. The molecule has 2 saturated heterocycles. The average molecular weight is 394 g/mol. The van der Waals surface area contributed by atoms with Gasteiger partial charge in [-0.15, -0.1) is 0 Å². The molecule has 0 N–H and O–H groups in total. The number of aryl methyl sites for hydroxylation is 1. The molecule has 1 atom stereocenters. The SMILES string of the molecule is CCc1ccc(CN2CCCC(N3CCN(c4ccc(OC)cc4)CC3)C2)cc1. The van der Waals surface area contributed by atoms with Crippen molar-refractivity contribution >= 4 is 5.69 Å². The van der Waals surface area contributed by atoms with Crippen molar-refractivity contribution in [3.63, 3.8) is 0 Å². The molecule has 156 valence electrons. The third kappa shape index (κ3) is 5.12. The number of anilines is 1. The van der Waals surface area contributed by atoms with Crippen molar-refractivity contribution in [2.24, 2.45) is 0 Å². The third-order valence-corrected chi connectivity index (χ3v) is 6.59. The van der Waals surface area contributed by atoms with E-state index in [-0.39, 0.29) is 0 Å². The molecular formula is C25H35N3O. The molecule has 0 amide bonds. The molecule has 0 aliphatic carbocycles. The van der Waals surface area contributed by atoms with Crippen molar-refractivity contribution < 1.29 is 4.74 Å². The number of piperidine rings is 1. The highest BCUT2D eigenvalue weighted by molar-refractivity contribution is 5.49. The monoisotopic (exact) mass is 393 g/mol. The fourth-order valence-corrected chi connectivity index (χ4v) is 4.75. The first-order valence-corrected chi connectivity index (χ1v) is 11.2. The van der Waals surface area contributed by atoms with Crippen LogP contribution < -0.4 is 9.64 Å². The number of hydrogen-bond donors (Lipinski definition) is 0. The van der Waals surface area contributed by atoms with Crippen molar-refractivity contribution in [1.82, 2.24) is 9.80 Å². The molecule has 0 spiro atoms. The lowest BCUT2D eigenvalue weighted by Crippen LogP contribution is -2.55. The predicted molar refractivity (Wildman–Crippen MR) is 121 cm³/mol. The summed E-state index contributed by atoms with van der Waals surface area (Å²) in [4.78, 5) is 7.89. The number of ether oxygens (including phenoxy) is 1. The minimum atomic E-state index is 0.705. The van der Waals surface area contributed by atoms with Gasteiger partial charge in [-0.25, -0.2) is 0 Å². The Kier molecular flexibility index (Phi) is 6.73. The largest absolute Gasteiger partial charge is 0.497 e. The van der Waals surface area contributed by atoms with E-state index >= 15 is 0 Å².